The van der Waals surface area contributed by atoms with Crippen molar-refractivity contribution in [3.8, 4) is 0 Å². The summed E-state index contributed by atoms with van der Waals surface area (Å²) in [6.45, 7) is 3.60. The van der Waals surface area contributed by atoms with Crippen LogP contribution in [0.3, 0.4) is 0 Å². The van der Waals surface area contributed by atoms with Crippen molar-refractivity contribution in [2.75, 3.05) is 11.4 Å². The molecule has 1 heterocycles. The van der Waals surface area contributed by atoms with E-state index in [1.807, 2.05) is 0 Å². The lowest BCUT2D eigenvalue weighted by atomic mass is 10.3. The van der Waals surface area contributed by atoms with Crippen molar-refractivity contribution in [1.29, 1.82) is 0 Å². The number of carbonyl (C=O) groups excluding carboxylic acids is 1. The maximum absolute atomic E-state index is 11.3. The molecule has 6 heteroatoms. The van der Waals surface area contributed by atoms with Crippen LogP contribution in [0, 0.1) is 0 Å². The number of rotatable bonds is 3. The number of carboxylic acids is 1. The number of amides is 1. The van der Waals surface area contributed by atoms with Gasteiger partial charge in [0.15, 0.2) is 5.82 Å². The van der Waals surface area contributed by atoms with E-state index < -0.39 is 5.97 Å². The first kappa shape index (κ1) is 12.4. The van der Waals surface area contributed by atoms with Gasteiger partial charge >= 0.3 is 5.97 Å². The molecular formula is C10H11ClN2O3. The predicted octanol–water partition coefficient (Wildman–Crippen LogP) is 1.81. The van der Waals surface area contributed by atoms with Gasteiger partial charge < -0.3 is 5.11 Å². The minimum Gasteiger partial charge on any atom is -0.478 e. The summed E-state index contributed by atoms with van der Waals surface area (Å²) in [5.74, 6) is -1.02. The Morgan fingerprint density at radius 3 is 2.56 bits per heavy atom. The van der Waals surface area contributed by atoms with Crippen molar-refractivity contribution in [1.82, 2.24) is 4.98 Å². The average Bonchev–Trinajstić information content (AvgIpc) is 2.20. The second-order valence-electron chi connectivity index (χ2n) is 3.10. The van der Waals surface area contributed by atoms with Gasteiger partial charge in [0.1, 0.15) is 0 Å². The molecule has 1 rings (SSSR count). The zero-order valence-corrected chi connectivity index (χ0v) is 9.65. The fraction of sp³-hybridized carbons (Fsp3) is 0.300. The first-order valence-electron chi connectivity index (χ1n) is 4.64. The molecule has 0 atom stereocenters. The van der Waals surface area contributed by atoms with Crippen molar-refractivity contribution in [3.05, 3.63) is 22.8 Å². The van der Waals surface area contributed by atoms with E-state index in [1.54, 1.807) is 6.92 Å². The summed E-state index contributed by atoms with van der Waals surface area (Å²) in [5.41, 5.74) is -0.00615. The van der Waals surface area contributed by atoms with E-state index in [0.29, 0.717) is 6.54 Å². The molecule has 1 aromatic rings. The third kappa shape index (κ3) is 2.49. The lowest BCUT2D eigenvalue weighted by molar-refractivity contribution is -0.116. The molecule has 0 saturated heterocycles. The van der Waals surface area contributed by atoms with Crippen LogP contribution in [-0.2, 0) is 4.79 Å². The first-order chi connectivity index (χ1) is 7.47. The van der Waals surface area contributed by atoms with Gasteiger partial charge in [-0.05, 0) is 13.0 Å². The lowest BCUT2D eigenvalue weighted by Gasteiger charge is -2.18. The van der Waals surface area contributed by atoms with Crippen LogP contribution in [-0.4, -0.2) is 28.5 Å². The number of nitrogens with zero attached hydrogens (tertiary/aromatic N) is 2. The third-order valence-electron chi connectivity index (χ3n) is 2.02. The number of carbonyl (C=O) groups is 2. The molecule has 1 aromatic heterocycles. The van der Waals surface area contributed by atoms with Crippen LogP contribution in [0.4, 0.5) is 5.82 Å². The molecule has 16 heavy (non-hydrogen) atoms. The minimum atomic E-state index is -1.10. The Morgan fingerprint density at radius 2 is 2.19 bits per heavy atom. The Hall–Kier alpha value is -1.62. The number of aromatic carboxylic acids is 1. The zero-order chi connectivity index (χ0) is 12.3. The standard InChI is InChI=1S/C10H11ClN2O3/c1-3-13(6(2)14)9-8(11)4-7(5-12-9)10(15)16/h4-5H,3H2,1-2H3,(H,15,16). The average molecular weight is 243 g/mol. The molecule has 0 aromatic carbocycles. The first-order valence-corrected chi connectivity index (χ1v) is 5.02. The Labute approximate surface area is 97.7 Å². The van der Waals surface area contributed by atoms with E-state index in [4.69, 9.17) is 16.7 Å². The van der Waals surface area contributed by atoms with Gasteiger partial charge in [-0.3, -0.25) is 9.69 Å². The summed E-state index contributed by atoms with van der Waals surface area (Å²) in [4.78, 5) is 27.2. The Bertz CT molecular complexity index is 434. The van der Waals surface area contributed by atoms with Crippen LogP contribution in [0.15, 0.2) is 12.3 Å². The van der Waals surface area contributed by atoms with Gasteiger partial charge in [-0.15, -0.1) is 0 Å². The summed E-state index contributed by atoms with van der Waals surface area (Å²) < 4.78 is 0. The summed E-state index contributed by atoms with van der Waals surface area (Å²) in [7, 11) is 0. The van der Waals surface area contributed by atoms with Crippen LogP contribution in [0.25, 0.3) is 0 Å². The summed E-state index contributed by atoms with van der Waals surface area (Å²) in [6.07, 6.45) is 1.18. The minimum absolute atomic E-state index is 0.00615. The van der Waals surface area contributed by atoms with E-state index >= 15 is 0 Å². The van der Waals surface area contributed by atoms with E-state index in [9.17, 15) is 9.59 Å². The van der Waals surface area contributed by atoms with Gasteiger partial charge in [0.25, 0.3) is 0 Å². The number of aromatic nitrogens is 1. The molecule has 1 amide bonds. The van der Waals surface area contributed by atoms with Crippen LogP contribution >= 0.6 is 11.6 Å². The molecular weight excluding hydrogens is 232 g/mol. The van der Waals surface area contributed by atoms with Crippen LogP contribution in [0.1, 0.15) is 24.2 Å². The Morgan fingerprint density at radius 1 is 1.56 bits per heavy atom. The third-order valence-corrected chi connectivity index (χ3v) is 2.30. The molecule has 5 nitrogen and oxygen atoms in total. The largest absolute Gasteiger partial charge is 0.478 e. The van der Waals surface area contributed by atoms with Crippen molar-refractivity contribution in [2.45, 2.75) is 13.8 Å². The maximum Gasteiger partial charge on any atom is 0.337 e. The van der Waals surface area contributed by atoms with E-state index in [1.165, 1.54) is 24.1 Å². The molecule has 0 aliphatic heterocycles. The molecule has 0 spiro atoms. The molecule has 0 radical (unpaired) electrons. The van der Waals surface area contributed by atoms with Crippen molar-refractivity contribution in [3.63, 3.8) is 0 Å². The highest BCUT2D eigenvalue weighted by atomic mass is 35.5. The zero-order valence-electron chi connectivity index (χ0n) is 8.90. The molecule has 1 N–H and O–H groups in total. The number of anilines is 1. The number of hydrogen-bond acceptors (Lipinski definition) is 3. The van der Waals surface area contributed by atoms with Crippen LogP contribution in [0.2, 0.25) is 5.02 Å². The highest BCUT2D eigenvalue weighted by Gasteiger charge is 2.16. The number of carboxylic acid groups (broad SMARTS) is 1. The van der Waals surface area contributed by atoms with E-state index in [-0.39, 0.29) is 22.3 Å². The highest BCUT2D eigenvalue weighted by Crippen LogP contribution is 2.24. The maximum atomic E-state index is 11.3. The fourth-order valence-corrected chi connectivity index (χ4v) is 1.54. The molecule has 0 aliphatic carbocycles. The topological polar surface area (TPSA) is 70.5 Å². The molecule has 86 valence electrons. The van der Waals surface area contributed by atoms with Crippen molar-refractivity contribution < 1.29 is 14.7 Å². The normalized spacial score (nSPS) is 9.94. The highest BCUT2D eigenvalue weighted by molar-refractivity contribution is 6.33. The van der Waals surface area contributed by atoms with E-state index in [0.717, 1.165) is 0 Å². The second-order valence-corrected chi connectivity index (χ2v) is 3.51. The Kier molecular flexibility index (Phi) is 3.84. The monoisotopic (exact) mass is 242 g/mol. The smallest absolute Gasteiger partial charge is 0.337 e. The van der Waals surface area contributed by atoms with Gasteiger partial charge in [-0.2, -0.15) is 0 Å². The quantitative estimate of drug-likeness (QED) is 0.878. The number of pyridine rings is 1. The van der Waals surface area contributed by atoms with Crippen LogP contribution < -0.4 is 4.90 Å². The molecule has 0 aliphatic rings. The molecule has 0 saturated carbocycles. The van der Waals surface area contributed by atoms with Gasteiger partial charge in [0, 0.05) is 19.7 Å². The van der Waals surface area contributed by atoms with Gasteiger partial charge in [-0.25, -0.2) is 9.78 Å². The molecule has 0 unspecified atom stereocenters. The van der Waals surface area contributed by atoms with Gasteiger partial charge in [0.2, 0.25) is 5.91 Å². The van der Waals surface area contributed by atoms with Crippen LogP contribution in [0.5, 0.6) is 0 Å². The lowest BCUT2D eigenvalue weighted by Crippen LogP contribution is -2.29. The Balaban J connectivity index is 3.16. The number of hydrogen-bond donors (Lipinski definition) is 1. The SMILES string of the molecule is CCN(C(C)=O)c1ncc(C(=O)O)cc1Cl. The second kappa shape index (κ2) is 4.94. The summed E-state index contributed by atoms with van der Waals surface area (Å²) in [5, 5.41) is 8.88. The molecule has 0 fully saturated rings. The summed E-state index contributed by atoms with van der Waals surface area (Å²) >= 11 is 5.87. The predicted molar refractivity (Wildman–Crippen MR) is 59.9 cm³/mol. The van der Waals surface area contributed by atoms with Gasteiger partial charge in [0.05, 0.1) is 10.6 Å². The fourth-order valence-electron chi connectivity index (χ4n) is 1.27. The van der Waals surface area contributed by atoms with Gasteiger partial charge in [-0.1, -0.05) is 11.6 Å². The number of halogens is 1. The van der Waals surface area contributed by atoms with Crippen molar-refractivity contribution in [2.24, 2.45) is 0 Å². The van der Waals surface area contributed by atoms with E-state index in [2.05, 4.69) is 4.98 Å². The van der Waals surface area contributed by atoms with Crippen molar-refractivity contribution >= 4 is 29.3 Å². The molecule has 0 bridgehead atoms. The summed E-state index contributed by atoms with van der Waals surface area (Å²) in [6, 6.07) is 1.28.